The lowest BCUT2D eigenvalue weighted by molar-refractivity contribution is -0.114. The van der Waals surface area contributed by atoms with E-state index in [0.29, 0.717) is 6.54 Å². The summed E-state index contributed by atoms with van der Waals surface area (Å²) in [7, 11) is 0. The number of nitrogens with one attached hydrogen (secondary N) is 2. The second-order valence-corrected chi connectivity index (χ2v) is 5.43. The maximum atomic E-state index is 11.2. The van der Waals surface area contributed by atoms with Crippen molar-refractivity contribution < 1.29 is 4.79 Å². The van der Waals surface area contributed by atoms with Gasteiger partial charge in [0.05, 0.1) is 0 Å². The first kappa shape index (κ1) is 15.5. The molecule has 0 unspecified atom stereocenters. The molecule has 0 aliphatic rings. The number of para-hydroxylation sites is 1. The predicted octanol–water partition coefficient (Wildman–Crippen LogP) is 4.15. The molecule has 0 bridgehead atoms. The van der Waals surface area contributed by atoms with Crippen molar-refractivity contribution in [2.45, 2.75) is 26.4 Å². The number of anilines is 1. The Kier molecular flexibility index (Phi) is 5.37. The van der Waals surface area contributed by atoms with Crippen molar-refractivity contribution in [2.24, 2.45) is 0 Å². The standard InChI is InChI=1S/C17H19ClN2O/c1-12(14-7-9-16(18)10-8-14)19-11-15-5-3-4-6-17(15)20-13(2)21/h3-10,12,19H,11H2,1-2H3,(H,20,21)/t12-/m1/s1. The molecule has 0 radical (unpaired) electrons. The van der Waals surface area contributed by atoms with E-state index >= 15 is 0 Å². The fourth-order valence-corrected chi connectivity index (χ4v) is 2.24. The van der Waals surface area contributed by atoms with Crippen LogP contribution in [0.3, 0.4) is 0 Å². The summed E-state index contributed by atoms with van der Waals surface area (Å²) in [5, 5.41) is 7.04. The Labute approximate surface area is 130 Å². The minimum absolute atomic E-state index is 0.0619. The molecule has 4 heteroatoms. The molecule has 0 fully saturated rings. The normalized spacial score (nSPS) is 12.0. The minimum Gasteiger partial charge on any atom is -0.326 e. The maximum Gasteiger partial charge on any atom is 0.221 e. The zero-order chi connectivity index (χ0) is 15.2. The van der Waals surface area contributed by atoms with Crippen molar-refractivity contribution in [3.8, 4) is 0 Å². The monoisotopic (exact) mass is 302 g/mol. The molecule has 3 nitrogen and oxygen atoms in total. The van der Waals surface area contributed by atoms with Crippen molar-refractivity contribution in [2.75, 3.05) is 5.32 Å². The summed E-state index contributed by atoms with van der Waals surface area (Å²) >= 11 is 5.90. The molecule has 110 valence electrons. The largest absolute Gasteiger partial charge is 0.326 e. The van der Waals surface area contributed by atoms with Gasteiger partial charge in [-0.2, -0.15) is 0 Å². The SMILES string of the molecule is CC(=O)Nc1ccccc1CN[C@H](C)c1ccc(Cl)cc1. The number of hydrogen-bond donors (Lipinski definition) is 2. The first-order valence-electron chi connectivity index (χ1n) is 6.90. The number of rotatable bonds is 5. The van der Waals surface area contributed by atoms with Crippen molar-refractivity contribution >= 4 is 23.2 Å². The molecule has 0 heterocycles. The second kappa shape index (κ2) is 7.25. The molecule has 1 atom stereocenters. The van der Waals surface area contributed by atoms with Crippen LogP contribution in [0.4, 0.5) is 5.69 Å². The van der Waals surface area contributed by atoms with Crippen molar-refractivity contribution in [3.05, 3.63) is 64.7 Å². The number of carbonyl (C=O) groups is 1. The lowest BCUT2D eigenvalue weighted by Crippen LogP contribution is -2.19. The van der Waals surface area contributed by atoms with E-state index in [4.69, 9.17) is 11.6 Å². The van der Waals surface area contributed by atoms with E-state index in [1.165, 1.54) is 12.5 Å². The van der Waals surface area contributed by atoms with Gasteiger partial charge in [-0.25, -0.2) is 0 Å². The third-order valence-corrected chi connectivity index (χ3v) is 3.55. The Hall–Kier alpha value is -1.84. The van der Waals surface area contributed by atoms with Gasteiger partial charge in [-0.1, -0.05) is 41.9 Å². The fraction of sp³-hybridized carbons (Fsp3) is 0.235. The molecule has 1 amide bonds. The highest BCUT2D eigenvalue weighted by molar-refractivity contribution is 6.30. The molecule has 0 aliphatic carbocycles. The van der Waals surface area contributed by atoms with Gasteiger partial charge in [0.15, 0.2) is 0 Å². The lowest BCUT2D eigenvalue weighted by Gasteiger charge is -2.16. The lowest BCUT2D eigenvalue weighted by atomic mass is 10.1. The summed E-state index contributed by atoms with van der Waals surface area (Å²) < 4.78 is 0. The molecule has 0 saturated heterocycles. The molecule has 2 aromatic rings. The Bertz CT molecular complexity index is 610. The van der Waals surface area contributed by atoms with Gasteiger partial charge in [0.25, 0.3) is 0 Å². The van der Waals surface area contributed by atoms with Gasteiger partial charge in [0, 0.05) is 30.2 Å². The van der Waals surface area contributed by atoms with Crippen LogP contribution >= 0.6 is 11.6 Å². The smallest absolute Gasteiger partial charge is 0.221 e. The topological polar surface area (TPSA) is 41.1 Å². The molecular weight excluding hydrogens is 284 g/mol. The van der Waals surface area contributed by atoms with E-state index in [1.807, 2.05) is 48.5 Å². The van der Waals surface area contributed by atoms with Crippen LogP contribution in [0.5, 0.6) is 0 Å². The van der Waals surface area contributed by atoms with Crippen molar-refractivity contribution in [1.29, 1.82) is 0 Å². The third-order valence-electron chi connectivity index (χ3n) is 3.30. The minimum atomic E-state index is -0.0619. The van der Waals surface area contributed by atoms with E-state index in [-0.39, 0.29) is 11.9 Å². The summed E-state index contributed by atoms with van der Waals surface area (Å²) in [6.07, 6.45) is 0. The molecular formula is C17H19ClN2O. The highest BCUT2D eigenvalue weighted by Crippen LogP contribution is 2.19. The second-order valence-electron chi connectivity index (χ2n) is 4.99. The van der Waals surface area contributed by atoms with E-state index < -0.39 is 0 Å². The van der Waals surface area contributed by atoms with Crippen molar-refractivity contribution in [3.63, 3.8) is 0 Å². The molecule has 21 heavy (non-hydrogen) atoms. The molecule has 0 aromatic heterocycles. The van der Waals surface area contributed by atoms with Gasteiger partial charge in [-0.15, -0.1) is 0 Å². The van der Waals surface area contributed by atoms with Gasteiger partial charge in [-0.05, 0) is 36.2 Å². The highest BCUT2D eigenvalue weighted by Gasteiger charge is 2.07. The summed E-state index contributed by atoms with van der Waals surface area (Å²) in [6.45, 7) is 4.30. The van der Waals surface area contributed by atoms with Gasteiger partial charge in [0.2, 0.25) is 5.91 Å². The zero-order valence-electron chi connectivity index (χ0n) is 12.2. The predicted molar refractivity (Wildman–Crippen MR) is 87.5 cm³/mol. The Morgan fingerprint density at radius 2 is 1.81 bits per heavy atom. The van der Waals surface area contributed by atoms with Crippen LogP contribution in [0.1, 0.15) is 31.0 Å². The fourth-order valence-electron chi connectivity index (χ4n) is 2.12. The number of amides is 1. The number of hydrogen-bond acceptors (Lipinski definition) is 2. The quantitative estimate of drug-likeness (QED) is 0.871. The van der Waals surface area contributed by atoms with Crippen molar-refractivity contribution in [1.82, 2.24) is 5.32 Å². The van der Waals surface area contributed by atoms with Crippen LogP contribution in [0.25, 0.3) is 0 Å². The molecule has 0 saturated carbocycles. The molecule has 2 N–H and O–H groups in total. The van der Waals surface area contributed by atoms with Crippen LogP contribution in [-0.2, 0) is 11.3 Å². The van der Waals surface area contributed by atoms with Gasteiger partial charge < -0.3 is 10.6 Å². The summed E-state index contributed by atoms with van der Waals surface area (Å²) in [5.41, 5.74) is 3.09. The average Bonchev–Trinajstić information content (AvgIpc) is 2.46. The van der Waals surface area contributed by atoms with E-state index in [9.17, 15) is 4.79 Å². The van der Waals surface area contributed by atoms with Gasteiger partial charge in [-0.3, -0.25) is 4.79 Å². The van der Waals surface area contributed by atoms with Gasteiger partial charge in [0.1, 0.15) is 0 Å². The maximum absolute atomic E-state index is 11.2. The van der Waals surface area contributed by atoms with Crippen LogP contribution in [0.15, 0.2) is 48.5 Å². The summed E-state index contributed by atoms with van der Waals surface area (Å²) in [5.74, 6) is -0.0619. The molecule has 0 aliphatic heterocycles. The van der Waals surface area contributed by atoms with E-state index in [2.05, 4.69) is 17.6 Å². The summed E-state index contributed by atoms with van der Waals surface area (Å²) in [4.78, 5) is 11.2. The number of carbonyl (C=O) groups excluding carboxylic acids is 1. The third kappa shape index (κ3) is 4.59. The number of benzene rings is 2. The van der Waals surface area contributed by atoms with Crippen LogP contribution in [-0.4, -0.2) is 5.91 Å². The zero-order valence-corrected chi connectivity index (χ0v) is 12.9. The number of halogens is 1. The Balaban J connectivity index is 2.02. The molecule has 2 aromatic carbocycles. The van der Waals surface area contributed by atoms with Gasteiger partial charge >= 0.3 is 0 Å². The van der Waals surface area contributed by atoms with Crippen LogP contribution in [0, 0.1) is 0 Å². The van der Waals surface area contributed by atoms with Crippen LogP contribution in [0.2, 0.25) is 5.02 Å². The summed E-state index contributed by atoms with van der Waals surface area (Å²) in [6, 6.07) is 15.8. The molecule has 0 spiro atoms. The Morgan fingerprint density at radius 1 is 1.14 bits per heavy atom. The molecule has 2 rings (SSSR count). The first-order chi connectivity index (χ1) is 10.1. The Morgan fingerprint density at radius 3 is 2.48 bits per heavy atom. The van der Waals surface area contributed by atoms with Crippen LogP contribution < -0.4 is 10.6 Å². The average molecular weight is 303 g/mol. The highest BCUT2D eigenvalue weighted by atomic mass is 35.5. The first-order valence-corrected chi connectivity index (χ1v) is 7.28. The van der Waals surface area contributed by atoms with E-state index in [1.54, 1.807) is 0 Å². The van der Waals surface area contributed by atoms with E-state index in [0.717, 1.165) is 16.3 Å².